The summed E-state index contributed by atoms with van der Waals surface area (Å²) in [5.74, 6) is -0.833. The number of aliphatic carboxylic acids is 1. The highest BCUT2D eigenvalue weighted by molar-refractivity contribution is 5.62. The number of rotatable bonds is 0. The molecule has 0 saturated carbocycles. The molecule has 0 radical (unpaired) electrons. The Kier molecular flexibility index (Phi) is 5.73. The molecule has 1 fully saturated rings. The van der Waals surface area contributed by atoms with E-state index in [0.717, 1.165) is 6.92 Å². The zero-order chi connectivity index (χ0) is 8.69. The van der Waals surface area contributed by atoms with Gasteiger partial charge in [0.25, 0.3) is 5.97 Å². The van der Waals surface area contributed by atoms with Crippen molar-refractivity contribution in [1.82, 2.24) is 0 Å². The Morgan fingerprint density at radius 3 is 2.36 bits per heavy atom. The van der Waals surface area contributed by atoms with Crippen LogP contribution in [-0.2, 0) is 14.3 Å². The van der Waals surface area contributed by atoms with Gasteiger partial charge in [-0.25, -0.2) is 0 Å². The van der Waals surface area contributed by atoms with Gasteiger partial charge in [0.1, 0.15) is 6.79 Å². The van der Waals surface area contributed by atoms with Crippen molar-refractivity contribution in [2.75, 3.05) is 13.4 Å². The predicted molar refractivity (Wildman–Crippen MR) is 35.8 cm³/mol. The molecule has 1 atom stereocenters. The largest absolute Gasteiger partial charge is 0.481 e. The number of ether oxygens (including phenoxy) is 2. The highest BCUT2D eigenvalue weighted by Crippen LogP contribution is 2.00. The first kappa shape index (κ1) is 10.3. The lowest BCUT2D eigenvalue weighted by atomic mass is 10.4. The summed E-state index contributed by atoms with van der Waals surface area (Å²) in [5.41, 5.74) is 0. The molecular weight excluding hydrogens is 152 g/mol. The molecule has 66 valence electrons. The summed E-state index contributed by atoms with van der Waals surface area (Å²) in [5, 5.41) is 16.0. The second-order valence-corrected chi connectivity index (χ2v) is 1.96. The molecule has 0 aliphatic carbocycles. The second-order valence-electron chi connectivity index (χ2n) is 1.96. The topological polar surface area (TPSA) is 76.0 Å². The van der Waals surface area contributed by atoms with E-state index < -0.39 is 12.3 Å². The van der Waals surface area contributed by atoms with Crippen LogP contribution in [0.5, 0.6) is 0 Å². The van der Waals surface area contributed by atoms with E-state index in [1.54, 1.807) is 0 Å². The van der Waals surface area contributed by atoms with E-state index in [1.807, 2.05) is 0 Å². The summed E-state index contributed by atoms with van der Waals surface area (Å²) < 4.78 is 9.37. The average molecular weight is 164 g/mol. The third kappa shape index (κ3) is 9.35. The van der Waals surface area contributed by atoms with E-state index in [1.165, 1.54) is 0 Å². The number of hydrogen-bond acceptors (Lipinski definition) is 4. The standard InChI is InChI=1S/C4H8O3.C2H4O2/c5-4-1-2-6-3-7-4;1-2(3)4/h4-5H,1-3H2;1H3,(H,3,4). The van der Waals surface area contributed by atoms with Crippen molar-refractivity contribution in [3.05, 3.63) is 0 Å². The van der Waals surface area contributed by atoms with Crippen LogP contribution < -0.4 is 0 Å². The van der Waals surface area contributed by atoms with Gasteiger partial charge in [-0.2, -0.15) is 0 Å². The molecule has 5 heteroatoms. The van der Waals surface area contributed by atoms with Gasteiger partial charge in [0.05, 0.1) is 6.61 Å². The van der Waals surface area contributed by atoms with Gasteiger partial charge in [-0.05, 0) is 0 Å². The van der Waals surface area contributed by atoms with Crippen LogP contribution in [-0.4, -0.2) is 35.9 Å². The summed E-state index contributed by atoms with van der Waals surface area (Å²) in [6.07, 6.45) is 0.00810. The van der Waals surface area contributed by atoms with E-state index in [9.17, 15) is 0 Å². The van der Waals surface area contributed by atoms with Crippen LogP contribution in [0.4, 0.5) is 0 Å². The van der Waals surface area contributed by atoms with Crippen molar-refractivity contribution in [2.24, 2.45) is 0 Å². The van der Waals surface area contributed by atoms with Gasteiger partial charge in [0.2, 0.25) is 0 Å². The molecule has 1 aliphatic rings. The van der Waals surface area contributed by atoms with Crippen molar-refractivity contribution in [3.8, 4) is 0 Å². The first-order valence-corrected chi connectivity index (χ1v) is 3.20. The Bertz CT molecular complexity index is 104. The van der Waals surface area contributed by atoms with Gasteiger partial charge in [0, 0.05) is 13.3 Å². The molecule has 0 bridgehead atoms. The molecule has 5 nitrogen and oxygen atoms in total. The highest BCUT2D eigenvalue weighted by Gasteiger charge is 2.07. The minimum Gasteiger partial charge on any atom is -0.481 e. The lowest BCUT2D eigenvalue weighted by molar-refractivity contribution is -0.214. The first-order valence-electron chi connectivity index (χ1n) is 3.20. The maximum atomic E-state index is 9.00. The molecule has 0 aromatic rings. The van der Waals surface area contributed by atoms with Gasteiger partial charge >= 0.3 is 0 Å². The second kappa shape index (κ2) is 6.09. The van der Waals surface area contributed by atoms with Crippen molar-refractivity contribution in [1.29, 1.82) is 0 Å². The minimum atomic E-state index is -0.833. The first-order chi connectivity index (χ1) is 5.13. The molecule has 0 aromatic carbocycles. The third-order valence-electron chi connectivity index (χ3n) is 0.853. The SMILES string of the molecule is CC(=O)O.OC1CCOCO1. The van der Waals surface area contributed by atoms with E-state index in [4.69, 9.17) is 19.7 Å². The van der Waals surface area contributed by atoms with Crippen molar-refractivity contribution in [3.63, 3.8) is 0 Å². The van der Waals surface area contributed by atoms with Gasteiger partial charge in [-0.15, -0.1) is 0 Å². The molecular formula is C6H12O5. The number of carboxylic acid groups (broad SMARTS) is 1. The maximum Gasteiger partial charge on any atom is 0.300 e. The fourth-order valence-electron chi connectivity index (χ4n) is 0.453. The van der Waals surface area contributed by atoms with E-state index >= 15 is 0 Å². The predicted octanol–water partition coefficient (Wildman–Crippen LogP) is -0.210. The van der Waals surface area contributed by atoms with Crippen LogP contribution in [0.3, 0.4) is 0 Å². The van der Waals surface area contributed by atoms with Crippen LogP contribution in [0.25, 0.3) is 0 Å². The van der Waals surface area contributed by atoms with Crippen LogP contribution in [0, 0.1) is 0 Å². The van der Waals surface area contributed by atoms with E-state index in [0.29, 0.717) is 13.0 Å². The Morgan fingerprint density at radius 1 is 1.64 bits per heavy atom. The fraction of sp³-hybridized carbons (Fsp3) is 0.833. The summed E-state index contributed by atoms with van der Waals surface area (Å²) in [4.78, 5) is 9.00. The molecule has 0 spiro atoms. The molecule has 1 heterocycles. The summed E-state index contributed by atoms with van der Waals surface area (Å²) >= 11 is 0. The lowest BCUT2D eigenvalue weighted by Crippen LogP contribution is -2.22. The van der Waals surface area contributed by atoms with Crippen molar-refractivity contribution < 1.29 is 24.5 Å². The number of carboxylic acids is 1. The molecule has 11 heavy (non-hydrogen) atoms. The third-order valence-corrected chi connectivity index (χ3v) is 0.853. The van der Waals surface area contributed by atoms with Gasteiger partial charge < -0.3 is 19.7 Å². The molecule has 1 rings (SSSR count). The van der Waals surface area contributed by atoms with Gasteiger partial charge in [-0.3, -0.25) is 4.79 Å². The zero-order valence-corrected chi connectivity index (χ0v) is 6.32. The number of aliphatic hydroxyl groups is 1. The smallest absolute Gasteiger partial charge is 0.300 e. The molecule has 1 aliphatic heterocycles. The van der Waals surface area contributed by atoms with Gasteiger partial charge in [0.15, 0.2) is 6.29 Å². The minimum absolute atomic E-state index is 0.237. The zero-order valence-electron chi connectivity index (χ0n) is 6.32. The molecule has 0 aromatic heterocycles. The summed E-state index contributed by atoms with van der Waals surface area (Å²) in [6, 6.07) is 0. The van der Waals surface area contributed by atoms with Crippen LogP contribution in [0.15, 0.2) is 0 Å². The normalized spacial score (nSPS) is 23.3. The monoisotopic (exact) mass is 164 g/mol. The Hall–Kier alpha value is -0.650. The highest BCUT2D eigenvalue weighted by atomic mass is 16.7. The van der Waals surface area contributed by atoms with Gasteiger partial charge in [-0.1, -0.05) is 0 Å². The van der Waals surface area contributed by atoms with E-state index in [-0.39, 0.29) is 6.79 Å². The average Bonchev–Trinajstić information content (AvgIpc) is 1.87. The summed E-state index contributed by atoms with van der Waals surface area (Å²) in [6.45, 7) is 1.93. The molecule has 2 N–H and O–H groups in total. The number of hydrogen-bond donors (Lipinski definition) is 2. The van der Waals surface area contributed by atoms with Crippen molar-refractivity contribution in [2.45, 2.75) is 19.6 Å². The molecule has 1 saturated heterocycles. The lowest BCUT2D eigenvalue weighted by Gasteiger charge is -2.16. The molecule has 0 amide bonds. The van der Waals surface area contributed by atoms with E-state index in [2.05, 4.69) is 4.74 Å². The summed E-state index contributed by atoms with van der Waals surface area (Å²) in [7, 11) is 0. The quantitative estimate of drug-likeness (QED) is 0.518. The van der Waals surface area contributed by atoms with Crippen LogP contribution in [0.2, 0.25) is 0 Å². The Labute approximate surface area is 64.5 Å². The van der Waals surface area contributed by atoms with Crippen LogP contribution in [0.1, 0.15) is 13.3 Å². The van der Waals surface area contributed by atoms with Crippen LogP contribution >= 0.6 is 0 Å². The van der Waals surface area contributed by atoms with Crippen molar-refractivity contribution >= 4 is 5.97 Å². The number of aliphatic hydroxyl groups excluding tert-OH is 1. The maximum absolute atomic E-state index is 9.00. The molecule has 1 unspecified atom stereocenters. The Balaban J connectivity index is 0.000000218. The number of carbonyl (C=O) groups is 1. The Morgan fingerprint density at radius 2 is 2.18 bits per heavy atom. The fourth-order valence-corrected chi connectivity index (χ4v) is 0.453.